The molecule has 1 aliphatic rings. The molecule has 1 fully saturated rings. The normalized spacial score (nSPS) is 20.6. The molecule has 0 spiro atoms. The monoisotopic (exact) mass is 345 g/mol. The van der Waals surface area contributed by atoms with Crippen molar-refractivity contribution < 1.29 is 13.9 Å². The Morgan fingerprint density at radius 1 is 1.20 bits per heavy atom. The standard InChI is InChI=1S/C17H17F2N5O/c1-2-23-9-22-15-16(23)20-8-21-17(15)24-7-11(25)6-14(24)10-3-4-12(18)13(19)5-10/h3-5,8-9,11,14,25H,2,6-7H2,1H3/t11-,14+/m1/s1. The molecule has 6 nitrogen and oxygen atoms in total. The van der Waals surface area contributed by atoms with Gasteiger partial charge in [0.15, 0.2) is 28.6 Å². The van der Waals surface area contributed by atoms with Gasteiger partial charge in [-0.05, 0) is 31.0 Å². The van der Waals surface area contributed by atoms with E-state index in [2.05, 4.69) is 15.0 Å². The fraction of sp³-hybridized carbons (Fsp3) is 0.353. The van der Waals surface area contributed by atoms with E-state index in [9.17, 15) is 13.9 Å². The number of aromatic nitrogens is 4. The van der Waals surface area contributed by atoms with Crippen LogP contribution in [0.3, 0.4) is 0 Å². The van der Waals surface area contributed by atoms with E-state index in [0.29, 0.717) is 35.5 Å². The van der Waals surface area contributed by atoms with Gasteiger partial charge in [0.25, 0.3) is 0 Å². The summed E-state index contributed by atoms with van der Waals surface area (Å²) in [7, 11) is 0. The molecule has 130 valence electrons. The molecule has 8 heteroatoms. The third-order valence-corrected chi connectivity index (χ3v) is 4.60. The van der Waals surface area contributed by atoms with Crippen LogP contribution in [0, 0.1) is 11.6 Å². The van der Waals surface area contributed by atoms with Gasteiger partial charge in [-0.15, -0.1) is 0 Å². The first-order valence-corrected chi connectivity index (χ1v) is 8.14. The molecule has 1 aliphatic heterocycles. The molecule has 0 aliphatic carbocycles. The Bertz CT molecular complexity index is 929. The lowest BCUT2D eigenvalue weighted by Crippen LogP contribution is -2.25. The Hall–Kier alpha value is -2.61. The number of aryl methyl sites for hydroxylation is 1. The third-order valence-electron chi connectivity index (χ3n) is 4.60. The molecule has 2 aromatic heterocycles. The highest BCUT2D eigenvalue weighted by atomic mass is 19.2. The lowest BCUT2D eigenvalue weighted by molar-refractivity contribution is 0.194. The lowest BCUT2D eigenvalue weighted by Gasteiger charge is -2.25. The average Bonchev–Trinajstić information content (AvgIpc) is 3.20. The van der Waals surface area contributed by atoms with Crippen molar-refractivity contribution in [2.75, 3.05) is 11.4 Å². The highest BCUT2D eigenvalue weighted by Crippen LogP contribution is 2.37. The van der Waals surface area contributed by atoms with E-state index in [4.69, 9.17) is 0 Å². The number of aliphatic hydroxyl groups is 1. The van der Waals surface area contributed by atoms with Gasteiger partial charge in [-0.2, -0.15) is 0 Å². The van der Waals surface area contributed by atoms with Gasteiger partial charge in [-0.3, -0.25) is 0 Å². The molecule has 1 aromatic carbocycles. The van der Waals surface area contributed by atoms with Crippen molar-refractivity contribution in [3.8, 4) is 0 Å². The van der Waals surface area contributed by atoms with Crippen molar-refractivity contribution in [2.24, 2.45) is 0 Å². The Morgan fingerprint density at radius 2 is 2.04 bits per heavy atom. The summed E-state index contributed by atoms with van der Waals surface area (Å²) in [6.45, 7) is 3.06. The summed E-state index contributed by atoms with van der Waals surface area (Å²) in [5, 5.41) is 10.2. The first-order chi connectivity index (χ1) is 12.1. The van der Waals surface area contributed by atoms with Crippen LogP contribution in [0.25, 0.3) is 11.2 Å². The molecule has 0 amide bonds. The molecule has 4 rings (SSSR count). The van der Waals surface area contributed by atoms with Crippen molar-refractivity contribution >= 4 is 17.0 Å². The summed E-state index contributed by atoms with van der Waals surface area (Å²) in [6, 6.07) is 3.51. The molecule has 3 heterocycles. The van der Waals surface area contributed by atoms with E-state index in [1.807, 2.05) is 16.4 Å². The zero-order valence-corrected chi connectivity index (χ0v) is 13.6. The Kier molecular flexibility index (Phi) is 3.84. The Balaban J connectivity index is 1.80. The quantitative estimate of drug-likeness (QED) is 0.790. The van der Waals surface area contributed by atoms with Crippen LogP contribution in [0.2, 0.25) is 0 Å². The SMILES string of the molecule is CCn1cnc2c(N3C[C@H](O)C[C@H]3c3ccc(F)c(F)c3)ncnc21. The minimum atomic E-state index is -0.901. The Labute approximate surface area is 142 Å². The second kappa shape index (κ2) is 6.03. The summed E-state index contributed by atoms with van der Waals surface area (Å²) in [4.78, 5) is 14.9. The molecule has 0 radical (unpaired) electrons. The van der Waals surface area contributed by atoms with Gasteiger partial charge in [0.05, 0.1) is 18.5 Å². The van der Waals surface area contributed by atoms with E-state index < -0.39 is 17.7 Å². The number of anilines is 1. The third kappa shape index (κ3) is 2.62. The fourth-order valence-corrected chi connectivity index (χ4v) is 3.39. The number of nitrogens with zero attached hydrogens (tertiary/aromatic N) is 5. The van der Waals surface area contributed by atoms with Crippen LogP contribution in [0.1, 0.15) is 24.9 Å². The van der Waals surface area contributed by atoms with Gasteiger partial charge in [0, 0.05) is 13.1 Å². The number of hydrogen-bond donors (Lipinski definition) is 1. The topological polar surface area (TPSA) is 67.1 Å². The summed E-state index contributed by atoms with van der Waals surface area (Å²) in [5.41, 5.74) is 1.93. The van der Waals surface area contributed by atoms with E-state index in [-0.39, 0.29) is 6.04 Å². The van der Waals surface area contributed by atoms with E-state index >= 15 is 0 Å². The number of hydrogen-bond acceptors (Lipinski definition) is 5. The van der Waals surface area contributed by atoms with Gasteiger partial charge >= 0.3 is 0 Å². The van der Waals surface area contributed by atoms with Crippen LogP contribution in [0.4, 0.5) is 14.6 Å². The summed E-state index contributed by atoms with van der Waals surface area (Å²) in [5.74, 6) is -1.20. The number of benzene rings is 1. The highest BCUT2D eigenvalue weighted by molar-refractivity contribution is 5.83. The van der Waals surface area contributed by atoms with Gasteiger partial charge in [-0.25, -0.2) is 23.7 Å². The van der Waals surface area contributed by atoms with Crippen molar-refractivity contribution in [2.45, 2.75) is 32.0 Å². The van der Waals surface area contributed by atoms with Crippen LogP contribution in [-0.4, -0.2) is 37.3 Å². The minimum absolute atomic E-state index is 0.310. The predicted octanol–water partition coefficient (Wildman–Crippen LogP) is 2.44. The average molecular weight is 345 g/mol. The maximum atomic E-state index is 13.7. The van der Waals surface area contributed by atoms with Gasteiger partial charge in [0.2, 0.25) is 0 Å². The molecule has 1 saturated heterocycles. The number of aliphatic hydroxyl groups excluding tert-OH is 1. The van der Waals surface area contributed by atoms with Crippen LogP contribution >= 0.6 is 0 Å². The van der Waals surface area contributed by atoms with Gasteiger partial charge in [0.1, 0.15) is 6.33 Å². The number of imidazole rings is 1. The number of fused-ring (bicyclic) bond motifs is 1. The smallest absolute Gasteiger partial charge is 0.165 e. The van der Waals surface area contributed by atoms with Crippen molar-refractivity contribution in [1.29, 1.82) is 0 Å². The van der Waals surface area contributed by atoms with Crippen molar-refractivity contribution in [3.63, 3.8) is 0 Å². The number of β-amino-alcohol motifs (C(OH)–C–C–N with tert-alkyl or cyclic N) is 1. The minimum Gasteiger partial charge on any atom is -0.391 e. The summed E-state index contributed by atoms with van der Waals surface area (Å²) in [6.07, 6.45) is 2.97. The lowest BCUT2D eigenvalue weighted by atomic mass is 10.0. The number of rotatable bonds is 3. The van der Waals surface area contributed by atoms with Crippen LogP contribution in [0.5, 0.6) is 0 Å². The molecular formula is C17H17F2N5O. The Morgan fingerprint density at radius 3 is 2.80 bits per heavy atom. The van der Waals surface area contributed by atoms with Gasteiger partial charge < -0.3 is 14.6 Å². The van der Waals surface area contributed by atoms with Crippen LogP contribution < -0.4 is 4.90 Å². The van der Waals surface area contributed by atoms with Gasteiger partial charge in [-0.1, -0.05) is 6.07 Å². The van der Waals surface area contributed by atoms with Crippen molar-refractivity contribution in [1.82, 2.24) is 19.5 Å². The predicted molar refractivity (Wildman–Crippen MR) is 88.1 cm³/mol. The maximum Gasteiger partial charge on any atom is 0.165 e. The molecule has 2 atom stereocenters. The maximum absolute atomic E-state index is 13.7. The van der Waals surface area contributed by atoms with E-state index in [0.717, 1.165) is 12.6 Å². The zero-order valence-electron chi connectivity index (χ0n) is 13.6. The van der Waals surface area contributed by atoms with Crippen LogP contribution in [-0.2, 0) is 6.54 Å². The second-order valence-electron chi connectivity index (χ2n) is 6.13. The van der Waals surface area contributed by atoms with Crippen LogP contribution in [0.15, 0.2) is 30.9 Å². The zero-order chi connectivity index (χ0) is 17.6. The molecular weight excluding hydrogens is 328 g/mol. The summed E-state index contributed by atoms with van der Waals surface area (Å²) < 4.78 is 28.8. The second-order valence-corrected chi connectivity index (χ2v) is 6.13. The largest absolute Gasteiger partial charge is 0.391 e. The summed E-state index contributed by atoms with van der Waals surface area (Å²) >= 11 is 0. The fourth-order valence-electron chi connectivity index (χ4n) is 3.39. The molecule has 3 aromatic rings. The van der Waals surface area contributed by atoms with Crippen molar-refractivity contribution in [3.05, 3.63) is 48.1 Å². The van der Waals surface area contributed by atoms with E-state index in [1.54, 1.807) is 6.33 Å². The first kappa shape index (κ1) is 15.9. The molecule has 0 unspecified atom stereocenters. The molecule has 25 heavy (non-hydrogen) atoms. The highest BCUT2D eigenvalue weighted by Gasteiger charge is 2.35. The molecule has 1 N–H and O–H groups in total. The molecule has 0 saturated carbocycles. The number of halogens is 2. The first-order valence-electron chi connectivity index (χ1n) is 8.14. The molecule has 0 bridgehead atoms. The van der Waals surface area contributed by atoms with E-state index in [1.165, 1.54) is 18.5 Å².